The number of hydrogen-bond donors (Lipinski definition) is 1. The maximum absolute atomic E-state index is 9.78. The zero-order valence-electron chi connectivity index (χ0n) is 10.0. The molecular weight excluding hydrogens is 188 g/mol. The lowest BCUT2D eigenvalue weighted by atomic mass is 9.68. The highest BCUT2D eigenvalue weighted by atomic mass is 16.5. The molecule has 1 saturated heterocycles. The van der Waals surface area contributed by atoms with Crippen LogP contribution in [0.15, 0.2) is 0 Å². The summed E-state index contributed by atoms with van der Waals surface area (Å²) >= 11 is 0. The molecule has 0 bridgehead atoms. The van der Waals surface area contributed by atoms with Gasteiger partial charge in [0.05, 0.1) is 12.7 Å². The zero-order chi connectivity index (χ0) is 10.9. The summed E-state index contributed by atoms with van der Waals surface area (Å²) < 4.78 is 5.89. The first-order chi connectivity index (χ1) is 7.24. The highest BCUT2D eigenvalue weighted by Crippen LogP contribution is 2.52. The Hall–Kier alpha value is -0.0800. The Labute approximate surface area is 93.0 Å². The van der Waals surface area contributed by atoms with Crippen LogP contribution < -0.4 is 0 Å². The van der Waals surface area contributed by atoms with Crippen molar-refractivity contribution >= 4 is 0 Å². The van der Waals surface area contributed by atoms with E-state index >= 15 is 0 Å². The lowest BCUT2D eigenvalue weighted by Gasteiger charge is -2.38. The Bertz CT molecular complexity index is 213. The largest absolute Gasteiger partial charge is 0.396 e. The zero-order valence-corrected chi connectivity index (χ0v) is 10.0. The summed E-state index contributed by atoms with van der Waals surface area (Å²) in [6.07, 6.45) is 6.46. The number of rotatable bonds is 5. The summed E-state index contributed by atoms with van der Waals surface area (Å²) in [4.78, 5) is 0. The first kappa shape index (κ1) is 11.4. The minimum atomic E-state index is 0.0805. The number of hydrogen-bond acceptors (Lipinski definition) is 2. The molecule has 0 aromatic carbocycles. The first-order valence-corrected chi connectivity index (χ1v) is 6.47. The number of ether oxygens (including phenoxy) is 1. The second-order valence-electron chi connectivity index (χ2n) is 5.46. The fourth-order valence-corrected chi connectivity index (χ4v) is 3.26. The fourth-order valence-electron chi connectivity index (χ4n) is 3.26. The van der Waals surface area contributed by atoms with Crippen molar-refractivity contribution in [2.75, 3.05) is 13.2 Å². The molecule has 0 radical (unpaired) electrons. The summed E-state index contributed by atoms with van der Waals surface area (Å²) in [5.74, 6) is 1.35. The van der Waals surface area contributed by atoms with Crippen molar-refractivity contribution < 1.29 is 9.84 Å². The quantitative estimate of drug-likeness (QED) is 0.759. The van der Waals surface area contributed by atoms with Gasteiger partial charge in [-0.25, -0.2) is 0 Å². The standard InChI is InChI=1S/C13H24O2/c1-3-4-10(2)13(9-14)7-8-15-12(13)11-5-6-11/h10-12,14H,3-9H2,1-2H3. The lowest BCUT2D eigenvalue weighted by molar-refractivity contribution is -0.0322. The molecule has 1 N–H and O–H groups in total. The van der Waals surface area contributed by atoms with Crippen molar-refractivity contribution in [3.8, 4) is 0 Å². The van der Waals surface area contributed by atoms with E-state index in [2.05, 4.69) is 13.8 Å². The predicted molar refractivity (Wildman–Crippen MR) is 60.7 cm³/mol. The van der Waals surface area contributed by atoms with Crippen LogP contribution >= 0.6 is 0 Å². The molecule has 2 rings (SSSR count). The molecule has 2 heteroatoms. The molecule has 3 unspecified atom stereocenters. The van der Waals surface area contributed by atoms with Gasteiger partial charge in [-0.2, -0.15) is 0 Å². The molecule has 1 saturated carbocycles. The van der Waals surface area contributed by atoms with Crippen LogP contribution in [-0.4, -0.2) is 24.4 Å². The fraction of sp³-hybridized carbons (Fsp3) is 1.00. The van der Waals surface area contributed by atoms with E-state index in [0.717, 1.165) is 18.9 Å². The average molecular weight is 212 g/mol. The van der Waals surface area contributed by atoms with Gasteiger partial charge in [0.15, 0.2) is 0 Å². The van der Waals surface area contributed by atoms with E-state index in [0.29, 0.717) is 18.6 Å². The second kappa shape index (κ2) is 4.42. The highest BCUT2D eigenvalue weighted by molar-refractivity contribution is 5.01. The Balaban J connectivity index is 2.10. The Kier molecular flexibility index (Phi) is 3.36. The maximum atomic E-state index is 9.78. The van der Waals surface area contributed by atoms with Crippen molar-refractivity contribution in [1.29, 1.82) is 0 Å². The van der Waals surface area contributed by atoms with Crippen molar-refractivity contribution in [1.82, 2.24) is 0 Å². The van der Waals surface area contributed by atoms with Gasteiger partial charge >= 0.3 is 0 Å². The van der Waals surface area contributed by atoms with Crippen LogP contribution in [0, 0.1) is 17.3 Å². The Morgan fingerprint density at radius 2 is 2.20 bits per heavy atom. The van der Waals surface area contributed by atoms with Gasteiger partial charge in [-0.05, 0) is 31.1 Å². The van der Waals surface area contributed by atoms with Crippen molar-refractivity contribution in [3.05, 3.63) is 0 Å². The van der Waals surface area contributed by atoms with Crippen LogP contribution in [0.1, 0.15) is 46.0 Å². The maximum Gasteiger partial charge on any atom is 0.0684 e. The van der Waals surface area contributed by atoms with E-state index in [9.17, 15) is 5.11 Å². The normalized spacial score (nSPS) is 38.2. The molecule has 1 heterocycles. The summed E-state index contributed by atoms with van der Waals surface area (Å²) in [6.45, 7) is 5.69. The molecule has 0 amide bonds. The molecule has 0 aromatic rings. The monoisotopic (exact) mass is 212 g/mol. The average Bonchev–Trinajstić information content (AvgIpc) is 2.98. The minimum absolute atomic E-state index is 0.0805. The van der Waals surface area contributed by atoms with E-state index in [1.54, 1.807) is 0 Å². The first-order valence-electron chi connectivity index (χ1n) is 6.47. The third kappa shape index (κ3) is 1.94. The van der Waals surface area contributed by atoms with Crippen LogP contribution in [-0.2, 0) is 4.74 Å². The van der Waals surface area contributed by atoms with Gasteiger partial charge in [-0.15, -0.1) is 0 Å². The molecule has 0 spiro atoms. The van der Waals surface area contributed by atoms with Gasteiger partial charge in [-0.3, -0.25) is 0 Å². The predicted octanol–water partition coefficient (Wildman–Crippen LogP) is 2.60. The third-order valence-electron chi connectivity index (χ3n) is 4.48. The number of aliphatic hydroxyl groups is 1. The van der Waals surface area contributed by atoms with Gasteiger partial charge in [0.2, 0.25) is 0 Å². The van der Waals surface area contributed by atoms with Gasteiger partial charge in [0.25, 0.3) is 0 Å². The van der Waals surface area contributed by atoms with Crippen LogP contribution in [0.2, 0.25) is 0 Å². The molecule has 0 aromatic heterocycles. The Morgan fingerprint density at radius 1 is 1.47 bits per heavy atom. The van der Waals surface area contributed by atoms with E-state index in [1.165, 1.54) is 25.7 Å². The van der Waals surface area contributed by atoms with Gasteiger partial charge in [0.1, 0.15) is 0 Å². The lowest BCUT2D eigenvalue weighted by Crippen LogP contribution is -2.41. The van der Waals surface area contributed by atoms with Crippen molar-refractivity contribution in [2.24, 2.45) is 17.3 Å². The summed E-state index contributed by atoms with van der Waals surface area (Å²) in [6, 6.07) is 0. The molecular formula is C13H24O2. The Morgan fingerprint density at radius 3 is 2.73 bits per heavy atom. The van der Waals surface area contributed by atoms with Crippen LogP contribution in [0.3, 0.4) is 0 Å². The SMILES string of the molecule is CCCC(C)C1(CO)CCOC1C1CC1. The van der Waals surface area contributed by atoms with E-state index in [4.69, 9.17) is 4.74 Å². The van der Waals surface area contributed by atoms with Gasteiger partial charge < -0.3 is 9.84 Å². The summed E-state index contributed by atoms with van der Waals surface area (Å²) in [5.41, 5.74) is 0.0805. The highest BCUT2D eigenvalue weighted by Gasteiger charge is 2.52. The van der Waals surface area contributed by atoms with Crippen LogP contribution in [0.5, 0.6) is 0 Å². The molecule has 3 atom stereocenters. The number of aliphatic hydroxyl groups excluding tert-OH is 1. The molecule has 2 nitrogen and oxygen atoms in total. The van der Waals surface area contributed by atoms with Crippen molar-refractivity contribution in [3.63, 3.8) is 0 Å². The minimum Gasteiger partial charge on any atom is -0.396 e. The van der Waals surface area contributed by atoms with Crippen LogP contribution in [0.25, 0.3) is 0 Å². The summed E-state index contributed by atoms with van der Waals surface area (Å²) in [7, 11) is 0. The van der Waals surface area contributed by atoms with Gasteiger partial charge in [-0.1, -0.05) is 26.7 Å². The molecule has 1 aliphatic carbocycles. The van der Waals surface area contributed by atoms with E-state index in [-0.39, 0.29) is 5.41 Å². The van der Waals surface area contributed by atoms with Crippen molar-refractivity contribution in [2.45, 2.75) is 52.1 Å². The molecule has 88 valence electrons. The topological polar surface area (TPSA) is 29.5 Å². The molecule has 2 aliphatic rings. The molecule has 2 fully saturated rings. The van der Waals surface area contributed by atoms with E-state index in [1.807, 2.05) is 0 Å². The smallest absolute Gasteiger partial charge is 0.0684 e. The van der Waals surface area contributed by atoms with Crippen LogP contribution in [0.4, 0.5) is 0 Å². The van der Waals surface area contributed by atoms with Gasteiger partial charge in [0, 0.05) is 12.0 Å². The molecule has 15 heavy (non-hydrogen) atoms. The molecule has 1 aliphatic heterocycles. The third-order valence-corrected chi connectivity index (χ3v) is 4.48. The van der Waals surface area contributed by atoms with E-state index < -0.39 is 0 Å². The second-order valence-corrected chi connectivity index (χ2v) is 5.46. The summed E-state index contributed by atoms with van der Waals surface area (Å²) in [5, 5.41) is 9.78.